The topological polar surface area (TPSA) is 65.0 Å². The molecule has 0 spiro atoms. The van der Waals surface area contributed by atoms with Crippen molar-refractivity contribution in [2.24, 2.45) is 0 Å². The Morgan fingerprint density at radius 3 is 2.89 bits per heavy atom. The van der Waals surface area contributed by atoms with Crippen LogP contribution < -0.4 is 0 Å². The molecule has 3 rings (SSSR count). The number of carbonyl (C=O) groups is 1. The van der Waals surface area contributed by atoms with Crippen molar-refractivity contribution in [3.63, 3.8) is 0 Å². The molecule has 2 bridgehead atoms. The summed E-state index contributed by atoms with van der Waals surface area (Å²) in [5.41, 5.74) is 0.479. The van der Waals surface area contributed by atoms with Crippen molar-refractivity contribution in [3.05, 3.63) is 35.9 Å². The lowest BCUT2D eigenvalue weighted by atomic mass is 10.0. The van der Waals surface area contributed by atoms with E-state index in [-0.39, 0.29) is 6.10 Å². The van der Waals surface area contributed by atoms with Gasteiger partial charge in [0.2, 0.25) is 0 Å². The summed E-state index contributed by atoms with van der Waals surface area (Å²) >= 11 is 0. The third-order valence-corrected chi connectivity index (χ3v) is 3.21. The predicted octanol–water partition coefficient (Wildman–Crippen LogP) is 0.718. The first-order valence-electron chi connectivity index (χ1n) is 5.95. The van der Waals surface area contributed by atoms with Crippen LogP contribution in [0.1, 0.15) is 16.8 Å². The molecule has 1 aromatic rings. The summed E-state index contributed by atoms with van der Waals surface area (Å²) in [6, 6.07) is 8.73. The maximum absolute atomic E-state index is 11.9. The van der Waals surface area contributed by atoms with Gasteiger partial charge in [0.25, 0.3) is 0 Å². The molecule has 1 aromatic carbocycles. The summed E-state index contributed by atoms with van der Waals surface area (Å²) in [7, 11) is 0. The second-order valence-corrected chi connectivity index (χ2v) is 4.49. The van der Waals surface area contributed by atoms with Crippen LogP contribution in [0.4, 0.5) is 0 Å². The number of aliphatic hydroxyl groups is 1. The minimum Gasteiger partial charge on any atom is -0.453 e. The van der Waals surface area contributed by atoms with E-state index in [0.717, 1.165) is 0 Å². The van der Waals surface area contributed by atoms with Crippen LogP contribution in [-0.2, 0) is 14.2 Å². The molecule has 18 heavy (non-hydrogen) atoms. The summed E-state index contributed by atoms with van der Waals surface area (Å²) in [6.45, 7) is 0.352. The lowest BCUT2D eigenvalue weighted by Crippen LogP contribution is -2.44. The van der Waals surface area contributed by atoms with Crippen molar-refractivity contribution in [1.29, 1.82) is 0 Å². The van der Waals surface area contributed by atoms with Gasteiger partial charge in [-0.2, -0.15) is 0 Å². The van der Waals surface area contributed by atoms with E-state index in [2.05, 4.69) is 0 Å². The summed E-state index contributed by atoms with van der Waals surface area (Å²) < 4.78 is 16.1. The van der Waals surface area contributed by atoms with Crippen molar-refractivity contribution < 1.29 is 24.1 Å². The van der Waals surface area contributed by atoms with Gasteiger partial charge in [0.05, 0.1) is 18.3 Å². The third kappa shape index (κ3) is 2.12. The predicted molar refractivity (Wildman–Crippen MR) is 60.9 cm³/mol. The molecule has 0 amide bonds. The van der Waals surface area contributed by atoms with E-state index in [9.17, 15) is 9.90 Å². The molecule has 2 saturated heterocycles. The number of carbonyl (C=O) groups excluding carboxylic acids is 1. The molecule has 2 aliphatic heterocycles. The minimum absolute atomic E-state index is 0.290. The van der Waals surface area contributed by atoms with Crippen LogP contribution in [0.2, 0.25) is 0 Å². The second-order valence-electron chi connectivity index (χ2n) is 4.49. The molecular weight excluding hydrogens is 236 g/mol. The highest BCUT2D eigenvalue weighted by Gasteiger charge is 2.45. The maximum atomic E-state index is 11.9. The molecule has 4 atom stereocenters. The second kappa shape index (κ2) is 4.68. The zero-order valence-electron chi connectivity index (χ0n) is 9.69. The van der Waals surface area contributed by atoms with Gasteiger partial charge in [-0.25, -0.2) is 4.79 Å². The number of fused-ring (bicyclic) bond motifs is 2. The zero-order chi connectivity index (χ0) is 12.5. The first kappa shape index (κ1) is 11.6. The van der Waals surface area contributed by atoms with E-state index in [4.69, 9.17) is 14.2 Å². The lowest BCUT2D eigenvalue weighted by molar-refractivity contribution is -0.182. The summed E-state index contributed by atoms with van der Waals surface area (Å²) in [5.74, 6) is -0.426. The van der Waals surface area contributed by atoms with Crippen LogP contribution in [0.25, 0.3) is 0 Å². The van der Waals surface area contributed by atoms with Gasteiger partial charge in [0.1, 0.15) is 6.10 Å². The highest BCUT2D eigenvalue weighted by molar-refractivity contribution is 5.89. The minimum atomic E-state index is -0.641. The first-order valence-corrected chi connectivity index (χ1v) is 5.95. The number of benzene rings is 1. The van der Waals surface area contributed by atoms with E-state index in [0.29, 0.717) is 18.6 Å². The molecular formula is C13H14O5. The molecule has 0 saturated carbocycles. The summed E-state index contributed by atoms with van der Waals surface area (Å²) in [4.78, 5) is 11.9. The average molecular weight is 250 g/mol. The van der Waals surface area contributed by atoms with Gasteiger partial charge in [-0.15, -0.1) is 0 Å². The number of hydrogen-bond acceptors (Lipinski definition) is 5. The zero-order valence-corrected chi connectivity index (χ0v) is 9.69. The fourth-order valence-corrected chi connectivity index (χ4v) is 2.22. The Balaban J connectivity index is 1.68. The largest absolute Gasteiger partial charge is 0.453 e. The first-order chi connectivity index (χ1) is 8.74. The molecule has 5 heteroatoms. The Kier molecular flexibility index (Phi) is 3.03. The van der Waals surface area contributed by atoms with Crippen molar-refractivity contribution in [2.75, 3.05) is 6.61 Å². The van der Waals surface area contributed by atoms with E-state index in [1.54, 1.807) is 24.3 Å². The highest BCUT2D eigenvalue weighted by atomic mass is 16.7. The standard InChI is InChI=1S/C13H14O5/c14-9-6-10(13-16-7-11(9)18-13)17-12(15)8-4-2-1-3-5-8/h1-5,9-11,13-14H,6-7H2/t9-,10+,11+,13+/m1/s1. The van der Waals surface area contributed by atoms with Crippen molar-refractivity contribution in [1.82, 2.24) is 0 Å². The van der Waals surface area contributed by atoms with Gasteiger partial charge in [-0.05, 0) is 12.1 Å². The molecule has 96 valence electrons. The maximum Gasteiger partial charge on any atom is 0.338 e. The number of esters is 1. The van der Waals surface area contributed by atoms with Crippen LogP contribution in [0, 0.1) is 0 Å². The van der Waals surface area contributed by atoms with Crippen LogP contribution in [-0.4, -0.2) is 42.3 Å². The fraction of sp³-hybridized carbons (Fsp3) is 0.462. The normalized spacial score (nSPS) is 34.3. The molecule has 2 aliphatic rings. The van der Waals surface area contributed by atoms with Gasteiger partial charge in [0.15, 0.2) is 12.4 Å². The van der Waals surface area contributed by atoms with E-state index in [1.165, 1.54) is 0 Å². The molecule has 1 N–H and O–H groups in total. The van der Waals surface area contributed by atoms with Gasteiger partial charge >= 0.3 is 5.97 Å². The fourth-order valence-electron chi connectivity index (χ4n) is 2.22. The molecule has 0 unspecified atom stereocenters. The van der Waals surface area contributed by atoms with Crippen LogP contribution >= 0.6 is 0 Å². The lowest BCUT2D eigenvalue weighted by Gasteiger charge is -2.30. The average Bonchev–Trinajstić information content (AvgIpc) is 2.83. The van der Waals surface area contributed by atoms with Gasteiger partial charge in [0, 0.05) is 6.42 Å². The molecule has 0 aromatic heterocycles. The highest BCUT2D eigenvalue weighted by Crippen LogP contribution is 2.29. The Morgan fingerprint density at radius 2 is 2.11 bits per heavy atom. The number of ether oxygens (including phenoxy) is 3. The molecule has 2 heterocycles. The van der Waals surface area contributed by atoms with Crippen molar-refractivity contribution >= 4 is 5.97 Å². The van der Waals surface area contributed by atoms with Gasteiger partial charge in [-0.3, -0.25) is 0 Å². The van der Waals surface area contributed by atoms with Gasteiger partial charge < -0.3 is 19.3 Å². The van der Waals surface area contributed by atoms with Crippen LogP contribution in [0.15, 0.2) is 30.3 Å². The molecule has 2 fully saturated rings. The Labute approximate surface area is 104 Å². The SMILES string of the molecule is O=C(O[C@H]1C[C@@H](O)[C@@H]2CO[C@H]1O2)c1ccccc1. The molecule has 5 nitrogen and oxygen atoms in total. The van der Waals surface area contributed by atoms with Gasteiger partial charge in [-0.1, -0.05) is 18.2 Å². The Morgan fingerprint density at radius 1 is 1.33 bits per heavy atom. The monoisotopic (exact) mass is 250 g/mol. The van der Waals surface area contributed by atoms with E-state index >= 15 is 0 Å². The Hall–Kier alpha value is -1.43. The Bertz CT molecular complexity index is 432. The number of rotatable bonds is 2. The van der Waals surface area contributed by atoms with Crippen molar-refractivity contribution in [2.45, 2.75) is 31.0 Å². The quantitative estimate of drug-likeness (QED) is 0.783. The number of aliphatic hydroxyl groups excluding tert-OH is 1. The van der Waals surface area contributed by atoms with Crippen LogP contribution in [0.3, 0.4) is 0 Å². The van der Waals surface area contributed by atoms with Crippen LogP contribution in [0.5, 0.6) is 0 Å². The smallest absolute Gasteiger partial charge is 0.338 e. The van der Waals surface area contributed by atoms with E-state index < -0.39 is 24.5 Å². The van der Waals surface area contributed by atoms with E-state index in [1.807, 2.05) is 6.07 Å². The van der Waals surface area contributed by atoms with Crippen molar-refractivity contribution in [3.8, 4) is 0 Å². The molecule has 0 radical (unpaired) electrons. The number of hydrogen-bond donors (Lipinski definition) is 1. The third-order valence-electron chi connectivity index (χ3n) is 3.21. The summed E-state index contributed by atoms with van der Waals surface area (Å²) in [5, 5.41) is 9.75. The molecule has 0 aliphatic carbocycles. The summed E-state index contributed by atoms with van der Waals surface area (Å²) in [6.07, 6.45) is -1.68.